The van der Waals surface area contributed by atoms with Crippen molar-refractivity contribution in [3.63, 3.8) is 0 Å². The molecule has 1 amide bonds. The first kappa shape index (κ1) is 13.4. The lowest BCUT2D eigenvalue weighted by atomic mass is 9.89. The van der Waals surface area contributed by atoms with Gasteiger partial charge in [-0.1, -0.05) is 23.2 Å². The first-order valence-corrected chi connectivity index (χ1v) is 6.16. The van der Waals surface area contributed by atoms with Crippen molar-refractivity contribution in [2.24, 2.45) is 0 Å². The van der Waals surface area contributed by atoms with Crippen LogP contribution in [0.4, 0.5) is 9.18 Å². The fourth-order valence-corrected chi connectivity index (χ4v) is 2.58. The second-order valence-electron chi connectivity index (χ2n) is 4.22. The van der Waals surface area contributed by atoms with Gasteiger partial charge in [0.25, 0.3) is 0 Å². The zero-order valence-electron chi connectivity index (χ0n) is 9.37. The van der Waals surface area contributed by atoms with E-state index in [0.29, 0.717) is 5.02 Å². The summed E-state index contributed by atoms with van der Waals surface area (Å²) >= 11 is 11.6. The number of hydrogen-bond donors (Lipinski definition) is 1. The van der Waals surface area contributed by atoms with Crippen LogP contribution < -0.4 is 0 Å². The predicted molar refractivity (Wildman–Crippen MR) is 65.9 cm³/mol. The molecule has 1 N–H and O–H groups in total. The molecule has 1 aliphatic heterocycles. The van der Waals surface area contributed by atoms with E-state index < -0.39 is 11.8 Å². The van der Waals surface area contributed by atoms with Gasteiger partial charge in [-0.25, -0.2) is 9.18 Å². The lowest BCUT2D eigenvalue weighted by Gasteiger charge is -2.34. The Morgan fingerprint density at radius 1 is 1.44 bits per heavy atom. The Kier molecular flexibility index (Phi) is 3.64. The number of amides is 1. The number of carbonyl (C=O) groups is 1. The van der Waals surface area contributed by atoms with Gasteiger partial charge in [-0.3, -0.25) is 4.98 Å². The summed E-state index contributed by atoms with van der Waals surface area (Å²) in [6.07, 6.45) is 0.404. The van der Waals surface area contributed by atoms with E-state index in [4.69, 9.17) is 28.3 Å². The van der Waals surface area contributed by atoms with E-state index >= 15 is 0 Å². The van der Waals surface area contributed by atoms with Gasteiger partial charge >= 0.3 is 6.09 Å². The van der Waals surface area contributed by atoms with Gasteiger partial charge in [0.15, 0.2) is 5.67 Å². The van der Waals surface area contributed by atoms with E-state index in [-0.39, 0.29) is 36.6 Å². The summed E-state index contributed by atoms with van der Waals surface area (Å²) in [7, 11) is 0. The zero-order valence-corrected chi connectivity index (χ0v) is 10.9. The Hall–Kier alpha value is -1.07. The topological polar surface area (TPSA) is 53.4 Å². The second kappa shape index (κ2) is 4.90. The smallest absolute Gasteiger partial charge is 0.407 e. The SMILES string of the molecule is O=C(O)N1CCC(F)(c2ncc(Cl)cc2Cl)CC1. The highest BCUT2D eigenvalue weighted by Gasteiger charge is 2.40. The molecule has 4 nitrogen and oxygen atoms in total. The molecule has 0 atom stereocenters. The molecule has 1 saturated heterocycles. The molecule has 98 valence electrons. The van der Waals surface area contributed by atoms with Gasteiger partial charge in [-0.05, 0) is 6.07 Å². The van der Waals surface area contributed by atoms with Crippen LogP contribution in [0.1, 0.15) is 18.5 Å². The number of aromatic nitrogens is 1. The maximum Gasteiger partial charge on any atom is 0.407 e. The van der Waals surface area contributed by atoms with Crippen LogP contribution in [0.5, 0.6) is 0 Å². The minimum absolute atomic E-state index is 0.0493. The first-order chi connectivity index (χ1) is 8.42. The van der Waals surface area contributed by atoms with Crippen molar-refractivity contribution in [2.75, 3.05) is 13.1 Å². The normalized spacial score (nSPS) is 18.7. The number of piperidine rings is 1. The molecule has 0 bridgehead atoms. The fraction of sp³-hybridized carbons (Fsp3) is 0.455. The van der Waals surface area contributed by atoms with Crippen LogP contribution >= 0.6 is 23.2 Å². The van der Waals surface area contributed by atoms with E-state index in [1.165, 1.54) is 17.2 Å². The van der Waals surface area contributed by atoms with Crippen molar-refractivity contribution in [1.29, 1.82) is 0 Å². The van der Waals surface area contributed by atoms with Crippen molar-refractivity contribution >= 4 is 29.3 Å². The standard InChI is InChI=1S/C11H11Cl2FN2O2/c12-7-5-8(13)9(15-6-7)11(14)1-3-16(4-2-11)10(17)18/h5-6H,1-4H2,(H,17,18). The maximum absolute atomic E-state index is 14.7. The Morgan fingerprint density at radius 3 is 2.56 bits per heavy atom. The van der Waals surface area contributed by atoms with E-state index in [1.807, 2.05) is 0 Å². The van der Waals surface area contributed by atoms with Crippen LogP contribution in [0, 0.1) is 0 Å². The number of carboxylic acid groups (broad SMARTS) is 1. The van der Waals surface area contributed by atoms with Crippen LogP contribution in [0.25, 0.3) is 0 Å². The van der Waals surface area contributed by atoms with Gasteiger partial charge in [0, 0.05) is 32.1 Å². The van der Waals surface area contributed by atoms with Gasteiger partial charge in [0.05, 0.1) is 15.7 Å². The number of pyridine rings is 1. The van der Waals surface area contributed by atoms with Gasteiger partial charge in [0.2, 0.25) is 0 Å². The molecule has 2 rings (SSSR count). The van der Waals surface area contributed by atoms with Crippen molar-refractivity contribution in [3.8, 4) is 0 Å². The second-order valence-corrected chi connectivity index (χ2v) is 5.06. The van der Waals surface area contributed by atoms with Crippen LogP contribution in [-0.2, 0) is 5.67 Å². The van der Waals surface area contributed by atoms with Crippen molar-refractivity contribution in [3.05, 3.63) is 28.0 Å². The van der Waals surface area contributed by atoms with Crippen LogP contribution in [0.3, 0.4) is 0 Å². The Balaban J connectivity index is 2.20. The van der Waals surface area contributed by atoms with Gasteiger partial charge in [-0.2, -0.15) is 0 Å². The lowest BCUT2D eigenvalue weighted by Crippen LogP contribution is -2.43. The predicted octanol–water partition coefficient (Wildman–Crippen LogP) is 3.33. The number of rotatable bonds is 1. The summed E-state index contributed by atoms with van der Waals surface area (Å²) in [4.78, 5) is 15.9. The van der Waals surface area contributed by atoms with E-state index in [1.54, 1.807) is 0 Å². The summed E-state index contributed by atoms with van der Waals surface area (Å²) in [5.41, 5.74) is -1.55. The third-order valence-corrected chi connectivity index (χ3v) is 3.55. The molecule has 1 aliphatic rings. The maximum atomic E-state index is 14.7. The molecule has 2 heterocycles. The molecule has 0 radical (unpaired) electrons. The first-order valence-electron chi connectivity index (χ1n) is 5.41. The number of halogens is 3. The van der Waals surface area contributed by atoms with E-state index in [0.717, 1.165) is 0 Å². The van der Waals surface area contributed by atoms with Crippen molar-refractivity contribution < 1.29 is 14.3 Å². The molecule has 0 unspecified atom stereocenters. The molecule has 1 aromatic heterocycles. The fourth-order valence-electron chi connectivity index (χ4n) is 2.03. The van der Waals surface area contributed by atoms with Crippen LogP contribution in [-0.4, -0.2) is 34.2 Å². The number of likely N-dealkylation sites (tertiary alicyclic amines) is 1. The third kappa shape index (κ3) is 2.52. The van der Waals surface area contributed by atoms with Crippen molar-refractivity contribution in [1.82, 2.24) is 9.88 Å². The zero-order chi connectivity index (χ0) is 13.3. The number of hydrogen-bond acceptors (Lipinski definition) is 2. The molecule has 0 aliphatic carbocycles. The van der Waals surface area contributed by atoms with E-state index in [2.05, 4.69) is 4.98 Å². The Bertz CT molecular complexity index is 476. The molecule has 18 heavy (non-hydrogen) atoms. The Labute approximate surface area is 113 Å². The quantitative estimate of drug-likeness (QED) is 0.864. The monoisotopic (exact) mass is 292 g/mol. The minimum atomic E-state index is -1.69. The molecule has 0 aromatic carbocycles. The molecule has 1 aromatic rings. The van der Waals surface area contributed by atoms with Crippen molar-refractivity contribution in [2.45, 2.75) is 18.5 Å². The molecule has 0 saturated carbocycles. The summed E-state index contributed by atoms with van der Waals surface area (Å²) in [5, 5.41) is 9.33. The summed E-state index contributed by atoms with van der Waals surface area (Å²) < 4.78 is 14.7. The Morgan fingerprint density at radius 2 is 2.06 bits per heavy atom. The van der Waals surface area contributed by atoms with E-state index in [9.17, 15) is 9.18 Å². The number of alkyl halides is 1. The molecule has 0 spiro atoms. The highest BCUT2D eigenvalue weighted by atomic mass is 35.5. The lowest BCUT2D eigenvalue weighted by molar-refractivity contribution is 0.0522. The molecular weight excluding hydrogens is 282 g/mol. The molecule has 7 heteroatoms. The van der Waals surface area contributed by atoms with Crippen LogP contribution in [0.15, 0.2) is 12.3 Å². The van der Waals surface area contributed by atoms with Crippen LogP contribution in [0.2, 0.25) is 10.0 Å². The summed E-state index contributed by atoms with van der Waals surface area (Å²) in [6, 6.07) is 1.44. The van der Waals surface area contributed by atoms with Gasteiger partial charge in [-0.15, -0.1) is 0 Å². The highest BCUT2D eigenvalue weighted by Crippen LogP contribution is 2.39. The largest absolute Gasteiger partial charge is 0.465 e. The van der Waals surface area contributed by atoms with Gasteiger partial charge < -0.3 is 10.0 Å². The van der Waals surface area contributed by atoms with Gasteiger partial charge in [0.1, 0.15) is 0 Å². The highest BCUT2D eigenvalue weighted by molar-refractivity contribution is 6.34. The summed E-state index contributed by atoms with van der Waals surface area (Å²) in [5.74, 6) is 0. The average Bonchev–Trinajstić information content (AvgIpc) is 2.29. The molecular formula is C11H11Cl2FN2O2. The molecule has 1 fully saturated rings. The minimum Gasteiger partial charge on any atom is -0.465 e. The number of nitrogens with zero attached hydrogens (tertiary/aromatic N) is 2. The average molecular weight is 293 g/mol. The summed E-state index contributed by atoms with van der Waals surface area (Å²) in [6.45, 7) is 0.263. The third-order valence-electron chi connectivity index (χ3n) is 3.06.